The van der Waals surface area contributed by atoms with Crippen LogP contribution >= 0.6 is 20.2 Å². The van der Waals surface area contributed by atoms with Crippen molar-refractivity contribution in [3.63, 3.8) is 0 Å². The number of phosphoric acid groups is 1. The quantitative estimate of drug-likeness (QED) is 0.311. The van der Waals surface area contributed by atoms with Crippen molar-refractivity contribution in [3.8, 4) is 0 Å². The molecule has 0 aliphatic rings. The van der Waals surface area contributed by atoms with Gasteiger partial charge < -0.3 is 14.7 Å². The van der Waals surface area contributed by atoms with Gasteiger partial charge in [0.25, 0.3) is 0 Å². The van der Waals surface area contributed by atoms with Gasteiger partial charge in [-0.2, -0.15) is 0 Å². The molecule has 0 aromatic carbocycles. The van der Waals surface area contributed by atoms with E-state index in [2.05, 4.69) is 0 Å². The molecule has 0 radical (unpaired) electrons. The second-order valence-electron chi connectivity index (χ2n) is 0.513. The molecule has 0 aliphatic carbocycles. The zero-order valence-electron chi connectivity index (χ0n) is 3.61. The zero-order valence-corrected chi connectivity index (χ0v) is 4.32. The third kappa shape index (κ3) is 79.5. The van der Waals surface area contributed by atoms with E-state index < -0.39 is 7.82 Å². The van der Waals surface area contributed by atoms with Gasteiger partial charge in [-0.25, -0.2) is 4.57 Å². The summed E-state index contributed by atoms with van der Waals surface area (Å²) in [6.45, 7) is 0. The van der Waals surface area contributed by atoms with Crippen LogP contribution in [-0.2, 0) is 4.57 Å². The van der Waals surface area contributed by atoms with Crippen molar-refractivity contribution in [2.24, 2.45) is 0 Å². The first-order valence-corrected chi connectivity index (χ1v) is 2.35. The molecular weight excluding hydrogens is 317 g/mol. The van der Waals surface area contributed by atoms with E-state index in [4.69, 9.17) is 19.2 Å². The first kappa shape index (κ1) is 50.0. The van der Waals surface area contributed by atoms with E-state index in [1.807, 2.05) is 0 Å². The molecule has 0 unspecified atom stereocenters. The minimum atomic E-state index is -4.64. The van der Waals surface area contributed by atoms with E-state index in [-0.39, 0.29) is 257 Å². The summed E-state index contributed by atoms with van der Waals surface area (Å²) in [5, 5.41) is 0. The molecule has 3 N–H and O–H groups in total. The number of hydrogen-bond acceptors (Lipinski definition) is 1. The summed E-state index contributed by atoms with van der Waals surface area (Å²) in [7, 11) is -4.64. The van der Waals surface area contributed by atoms with Gasteiger partial charge in [-0.3, -0.25) is 0 Å². The van der Waals surface area contributed by atoms with Crippen LogP contribution in [0.4, 0.5) is 0 Å². The molecule has 0 aliphatic heterocycles. The van der Waals surface area contributed by atoms with E-state index >= 15 is 0 Å². The van der Waals surface area contributed by atoms with E-state index in [9.17, 15) is 0 Å². The average molecular weight is 328 g/mol. The van der Waals surface area contributed by atoms with Gasteiger partial charge >= 0.3 is 252 Å². The molecular formula is H11ClK3Na3O4P+. The van der Waals surface area contributed by atoms with Gasteiger partial charge in [0.2, 0.25) is 0 Å². The van der Waals surface area contributed by atoms with E-state index in [1.165, 1.54) is 0 Å². The van der Waals surface area contributed by atoms with Gasteiger partial charge in [0.1, 0.15) is 0 Å². The van der Waals surface area contributed by atoms with Crippen molar-refractivity contribution in [3.05, 3.63) is 0 Å². The second kappa shape index (κ2) is 31.6. The maximum absolute atomic E-state index is 8.88. The molecule has 0 saturated heterocycles. The van der Waals surface area contributed by atoms with Gasteiger partial charge in [0, 0.05) is 0 Å². The first-order chi connectivity index (χ1) is 2.00. The number of hydrogen-bond donors (Lipinski definition) is 3. The SMILES string of the molecule is Cl.O=P(O)(O)O.[H+].[KH].[KH].[KH].[NaH].[NaH].[NaH]. The average Bonchev–Trinajstić information content (AvgIpc) is 0.722. The van der Waals surface area contributed by atoms with Crippen molar-refractivity contribution >= 4 is 263 Å². The number of halogens is 1. The summed E-state index contributed by atoms with van der Waals surface area (Å²) in [5.41, 5.74) is 0. The van der Waals surface area contributed by atoms with E-state index in [0.717, 1.165) is 0 Å². The summed E-state index contributed by atoms with van der Waals surface area (Å²) >= 11 is 0. The maximum atomic E-state index is 8.88. The molecule has 0 rings (SSSR count). The fourth-order valence-electron chi connectivity index (χ4n) is 0. The van der Waals surface area contributed by atoms with Gasteiger partial charge in [-0.15, -0.1) is 12.4 Å². The molecule has 0 atom stereocenters. The topological polar surface area (TPSA) is 77.8 Å². The fourth-order valence-corrected chi connectivity index (χ4v) is 0. The van der Waals surface area contributed by atoms with Crippen LogP contribution in [0.25, 0.3) is 0 Å². The minimum absolute atomic E-state index is 0. The molecule has 0 aromatic rings. The Labute approximate surface area is 274 Å². The van der Waals surface area contributed by atoms with Crippen LogP contribution in [-0.4, -0.2) is 258 Å². The van der Waals surface area contributed by atoms with Gasteiger partial charge in [-0.05, 0) is 0 Å². The van der Waals surface area contributed by atoms with Gasteiger partial charge in [0.15, 0.2) is 0 Å². The number of rotatable bonds is 0. The van der Waals surface area contributed by atoms with Gasteiger partial charge in [-0.1, -0.05) is 0 Å². The third-order valence-corrected chi connectivity index (χ3v) is 0. The third-order valence-electron chi connectivity index (χ3n) is 0. The fraction of sp³-hybridized carbons (Fsp3) is 0. The predicted molar refractivity (Wildman–Crippen MR) is 65.5 cm³/mol. The van der Waals surface area contributed by atoms with Crippen LogP contribution < -0.4 is 0 Å². The van der Waals surface area contributed by atoms with Crippen LogP contribution in [0.2, 0.25) is 0 Å². The summed E-state index contributed by atoms with van der Waals surface area (Å²) in [6, 6.07) is 0. The Morgan fingerprint density at radius 2 is 0.833 bits per heavy atom. The van der Waals surface area contributed by atoms with Crippen molar-refractivity contribution in [2.45, 2.75) is 0 Å². The van der Waals surface area contributed by atoms with Crippen LogP contribution in [0.5, 0.6) is 0 Å². The monoisotopic (exact) mass is 327 g/mol. The molecule has 52 valence electrons. The second-order valence-corrected chi connectivity index (χ2v) is 1.54. The van der Waals surface area contributed by atoms with Crippen molar-refractivity contribution < 1.29 is 20.7 Å². The van der Waals surface area contributed by atoms with Crippen molar-refractivity contribution in [1.29, 1.82) is 0 Å². The summed E-state index contributed by atoms with van der Waals surface area (Å²) in [6.07, 6.45) is 0. The molecule has 12 heteroatoms. The van der Waals surface area contributed by atoms with Crippen molar-refractivity contribution in [1.82, 2.24) is 0 Å². The Morgan fingerprint density at radius 1 is 0.833 bits per heavy atom. The standard InChI is InChI=1S/ClH.3K.3Na.H3O4P.6H/c;;;;;;;1-5(2,3)4;;;;;;/h1H;;;;;;;(H3,1,2,3,4);;;;;;/p+1. The molecule has 12 heavy (non-hydrogen) atoms. The molecule has 4 nitrogen and oxygen atoms in total. The zero-order chi connectivity index (χ0) is 4.50. The van der Waals surface area contributed by atoms with Crippen molar-refractivity contribution in [2.75, 3.05) is 0 Å². The van der Waals surface area contributed by atoms with Crippen LogP contribution in [0.1, 0.15) is 1.43 Å². The van der Waals surface area contributed by atoms with Crippen LogP contribution in [0.15, 0.2) is 0 Å². The Hall–Kier alpha value is 8.31. The molecule has 0 heterocycles. The van der Waals surface area contributed by atoms with Crippen LogP contribution in [0, 0.1) is 0 Å². The Kier molecular flexibility index (Phi) is 132. The molecule has 0 amide bonds. The first-order valence-electron chi connectivity index (χ1n) is 0.783. The van der Waals surface area contributed by atoms with E-state index in [0.29, 0.717) is 0 Å². The summed E-state index contributed by atoms with van der Waals surface area (Å²) < 4.78 is 8.88. The Balaban J connectivity index is -0.00000000286. The van der Waals surface area contributed by atoms with Gasteiger partial charge in [0.05, 0.1) is 0 Å². The predicted octanol–water partition coefficient (Wildman–Crippen LogP) is -4.29. The Morgan fingerprint density at radius 3 is 0.833 bits per heavy atom. The molecule has 0 bridgehead atoms. The molecule has 0 aromatic heterocycles. The van der Waals surface area contributed by atoms with E-state index in [1.54, 1.807) is 0 Å². The normalized spacial score (nSPS) is 4.92. The van der Waals surface area contributed by atoms with Crippen LogP contribution in [0.3, 0.4) is 0 Å². The molecule has 0 fully saturated rings. The molecule has 0 saturated carbocycles. The summed E-state index contributed by atoms with van der Waals surface area (Å²) in [5.74, 6) is 0. The Bertz CT molecular complexity index is 76.8. The summed E-state index contributed by atoms with van der Waals surface area (Å²) in [4.78, 5) is 21.6. The molecule has 0 spiro atoms.